The van der Waals surface area contributed by atoms with Crippen LogP contribution in [0.5, 0.6) is 11.5 Å². The normalized spacial score (nSPS) is 10.2. The number of benzene rings is 2. The monoisotopic (exact) mass is 326 g/mol. The Kier molecular flexibility index (Phi) is 4.50. The van der Waals surface area contributed by atoms with Crippen LogP contribution in [-0.2, 0) is 6.61 Å². The zero-order valence-corrected chi connectivity index (χ0v) is 12.2. The molecule has 0 heterocycles. The Bertz CT molecular complexity index is 529. The third-order valence-corrected chi connectivity index (χ3v) is 3.44. The minimum atomic E-state index is 0.465. The Morgan fingerprint density at radius 1 is 1.11 bits per heavy atom. The quantitative estimate of drug-likeness (QED) is 0.811. The van der Waals surface area contributed by atoms with E-state index in [2.05, 4.69) is 15.9 Å². The van der Waals surface area contributed by atoms with Crippen molar-refractivity contribution >= 4 is 27.5 Å². The second kappa shape index (κ2) is 6.12. The van der Waals surface area contributed by atoms with Gasteiger partial charge in [0.2, 0.25) is 0 Å². The molecular weight excluding hydrogens is 316 g/mol. The highest BCUT2D eigenvalue weighted by Gasteiger charge is 2.12. The summed E-state index contributed by atoms with van der Waals surface area (Å²) in [6.07, 6.45) is 0. The van der Waals surface area contributed by atoms with Gasteiger partial charge in [0, 0.05) is 0 Å². The molecule has 2 aromatic carbocycles. The Morgan fingerprint density at radius 2 is 1.83 bits per heavy atom. The van der Waals surface area contributed by atoms with Crippen LogP contribution in [0, 0.1) is 0 Å². The number of ether oxygens (including phenoxy) is 2. The van der Waals surface area contributed by atoms with Crippen LogP contribution in [0.2, 0.25) is 5.02 Å². The molecule has 0 aromatic heterocycles. The lowest BCUT2D eigenvalue weighted by molar-refractivity contribution is 0.302. The average molecular weight is 328 g/mol. The highest BCUT2D eigenvalue weighted by atomic mass is 79.9. The summed E-state index contributed by atoms with van der Waals surface area (Å²) in [5, 5.41) is 0.475. The summed E-state index contributed by atoms with van der Waals surface area (Å²) < 4.78 is 11.7. The third-order valence-electron chi connectivity index (χ3n) is 2.46. The molecule has 0 N–H and O–H groups in total. The van der Waals surface area contributed by atoms with Gasteiger partial charge in [-0.05, 0) is 33.6 Å². The van der Waals surface area contributed by atoms with Gasteiger partial charge in [0.05, 0.1) is 11.6 Å². The van der Waals surface area contributed by atoms with Crippen molar-refractivity contribution in [3.63, 3.8) is 0 Å². The average Bonchev–Trinajstić information content (AvgIpc) is 2.40. The number of methoxy groups -OCH3 is 1. The van der Waals surface area contributed by atoms with E-state index in [4.69, 9.17) is 21.1 Å². The van der Waals surface area contributed by atoms with Crippen LogP contribution in [0.1, 0.15) is 5.56 Å². The molecule has 0 saturated heterocycles. The molecule has 2 aromatic rings. The van der Waals surface area contributed by atoms with Crippen LogP contribution in [0.25, 0.3) is 0 Å². The first-order chi connectivity index (χ1) is 8.72. The maximum atomic E-state index is 6.20. The van der Waals surface area contributed by atoms with Crippen molar-refractivity contribution in [1.29, 1.82) is 0 Å². The predicted octanol–water partition coefficient (Wildman–Crippen LogP) is 4.69. The van der Waals surface area contributed by atoms with E-state index in [-0.39, 0.29) is 0 Å². The maximum absolute atomic E-state index is 6.20. The first-order valence-electron chi connectivity index (χ1n) is 5.41. The minimum Gasteiger partial charge on any atom is -0.495 e. The molecule has 0 unspecified atom stereocenters. The van der Waals surface area contributed by atoms with Crippen LogP contribution in [0.3, 0.4) is 0 Å². The number of halogens is 2. The van der Waals surface area contributed by atoms with Crippen molar-refractivity contribution in [3.05, 3.63) is 57.5 Å². The van der Waals surface area contributed by atoms with Gasteiger partial charge < -0.3 is 9.47 Å². The van der Waals surface area contributed by atoms with E-state index < -0.39 is 0 Å². The standard InChI is InChI=1S/C14H12BrClO2/c1-17-12-8-7-11(15)14(13(12)16)18-9-10-5-3-2-4-6-10/h2-8H,9H2,1H3. The highest BCUT2D eigenvalue weighted by molar-refractivity contribution is 9.10. The van der Waals surface area contributed by atoms with Crippen molar-refractivity contribution in [3.8, 4) is 11.5 Å². The summed E-state index contributed by atoms with van der Waals surface area (Å²) in [5.41, 5.74) is 1.09. The maximum Gasteiger partial charge on any atom is 0.156 e. The van der Waals surface area contributed by atoms with Gasteiger partial charge in [0.1, 0.15) is 17.4 Å². The van der Waals surface area contributed by atoms with E-state index in [9.17, 15) is 0 Å². The van der Waals surface area contributed by atoms with Gasteiger partial charge in [-0.15, -0.1) is 0 Å². The lowest BCUT2D eigenvalue weighted by Gasteiger charge is -2.12. The summed E-state index contributed by atoms with van der Waals surface area (Å²) in [5.74, 6) is 1.20. The van der Waals surface area contributed by atoms with Crippen LogP contribution in [-0.4, -0.2) is 7.11 Å². The van der Waals surface area contributed by atoms with Crippen LogP contribution < -0.4 is 9.47 Å². The second-order valence-electron chi connectivity index (χ2n) is 3.67. The predicted molar refractivity (Wildman–Crippen MR) is 76.5 cm³/mol. The summed E-state index contributed by atoms with van der Waals surface area (Å²) in [6, 6.07) is 13.6. The van der Waals surface area contributed by atoms with E-state index in [1.54, 1.807) is 13.2 Å². The van der Waals surface area contributed by atoms with E-state index in [1.807, 2.05) is 36.4 Å². The zero-order chi connectivity index (χ0) is 13.0. The Morgan fingerprint density at radius 3 is 2.50 bits per heavy atom. The topological polar surface area (TPSA) is 18.5 Å². The lowest BCUT2D eigenvalue weighted by atomic mass is 10.2. The summed E-state index contributed by atoms with van der Waals surface area (Å²) in [6.45, 7) is 0.465. The molecule has 0 aliphatic carbocycles. The smallest absolute Gasteiger partial charge is 0.156 e. The second-order valence-corrected chi connectivity index (χ2v) is 4.90. The van der Waals surface area contributed by atoms with E-state index in [1.165, 1.54) is 0 Å². The summed E-state index contributed by atoms with van der Waals surface area (Å²) in [7, 11) is 1.58. The molecule has 2 rings (SSSR count). The molecule has 0 aliphatic rings. The zero-order valence-electron chi connectivity index (χ0n) is 9.82. The van der Waals surface area contributed by atoms with Crippen LogP contribution in [0.4, 0.5) is 0 Å². The molecule has 2 nitrogen and oxygen atoms in total. The Balaban J connectivity index is 2.19. The lowest BCUT2D eigenvalue weighted by Crippen LogP contribution is -1.97. The van der Waals surface area contributed by atoms with Gasteiger partial charge in [-0.2, -0.15) is 0 Å². The Hall–Kier alpha value is -1.19. The van der Waals surface area contributed by atoms with Crippen molar-refractivity contribution in [2.75, 3.05) is 7.11 Å². The van der Waals surface area contributed by atoms with Crippen LogP contribution >= 0.6 is 27.5 Å². The Labute approximate surface area is 120 Å². The fourth-order valence-electron chi connectivity index (χ4n) is 1.53. The van der Waals surface area contributed by atoms with Gasteiger partial charge in [0.25, 0.3) is 0 Å². The fraction of sp³-hybridized carbons (Fsp3) is 0.143. The van der Waals surface area contributed by atoms with Gasteiger partial charge >= 0.3 is 0 Å². The van der Waals surface area contributed by atoms with Crippen LogP contribution in [0.15, 0.2) is 46.9 Å². The molecular formula is C14H12BrClO2. The van der Waals surface area contributed by atoms with Gasteiger partial charge in [-0.25, -0.2) is 0 Å². The van der Waals surface area contributed by atoms with Gasteiger partial charge in [-0.1, -0.05) is 41.9 Å². The van der Waals surface area contributed by atoms with Crippen molar-refractivity contribution in [2.24, 2.45) is 0 Å². The van der Waals surface area contributed by atoms with Gasteiger partial charge in [-0.3, -0.25) is 0 Å². The summed E-state index contributed by atoms with van der Waals surface area (Å²) in [4.78, 5) is 0. The number of hydrogen-bond donors (Lipinski definition) is 0. The first kappa shape index (κ1) is 13.2. The fourth-order valence-corrected chi connectivity index (χ4v) is 2.39. The number of rotatable bonds is 4. The molecule has 0 bridgehead atoms. The van der Waals surface area contributed by atoms with Gasteiger partial charge in [0.15, 0.2) is 5.75 Å². The van der Waals surface area contributed by atoms with E-state index in [0.29, 0.717) is 23.1 Å². The molecule has 0 aliphatic heterocycles. The molecule has 0 atom stereocenters. The van der Waals surface area contributed by atoms with Crippen molar-refractivity contribution in [1.82, 2.24) is 0 Å². The first-order valence-corrected chi connectivity index (χ1v) is 6.58. The molecule has 0 spiro atoms. The van der Waals surface area contributed by atoms with E-state index in [0.717, 1.165) is 10.0 Å². The van der Waals surface area contributed by atoms with E-state index >= 15 is 0 Å². The molecule has 0 amide bonds. The SMILES string of the molecule is COc1ccc(Br)c(OCc2ccccc2)c1Cl. The molecule has 4 heteroatoms. The summed E-state index contributed by atoms with van der Waals surface area (Å²) >= 11 is 9.62. The highest BCUT2D eigenvalue weighted by Crippen LogP contribution is 2.40. The van der Waals surface area contributed by atoms with Crippen molar-refractivity contribution < 1.29 is 9.47 Å². The third kappa shape index (κ3) is 2.98. The molecule has 94 valence electrons. The molecule has 18 heavy (non-hydrogen) atoms. The van der Waals surface area contributed by atoms with Crippen molar-refractivity contribution in [2.45, 2.75) is 6.61 Å². The molecule has 0 radical (unpaired) electrons. The molecule has 0 saturated carbocycles. The minimum absolute atomic E-state index is 0.465. The largest absolute Gasteiger partial charge is 0.495 e. The molecule has 0 fully saturated rings. The number of hydrogen-bond acceptors (Lipinski definition) is 2.